The number of anilines is 1. The van der Waals surface area contributed by atoms with E-state index in [-0.39, 0.29) is 22.0 Å². The van der Waals surface area contributed by atoms with E-state index in [0.717, 1.165) is 5.56 Å². The number of aryl methyl sites for hydroxylation is 1. The summed E-state index contributed by atoms with van der Waals surface area (Å²) in [6.07, 6.45) is -4.06. The van der Waals surface area contributed by atoms with E-state index in [1.807, 2.05) is 6.92 Å². The van der Waals surface area contributed by atoms with Gasteiger partial charge in [-0.3, -0.25) is 18.5 Å². The summed E-state index contributed by atoms with van der Waals surface area (Å²) >= 11 is 0. The van der Waals surface area contributed by atoms with Gasteiger partial charge in [0.05, 0.1) is 17.8 Å². The molecule has 13 heteroatoms. The molecule has 1 aromatic carbocycles. The van der Waals surface area contributed by atoms with Crippen LogP contribution in [0, 0.1) is 6.92 Å². The van der Waals surface area contributed by atoms with Crippen molar-refractivity contribution in [2.75, 3.05) is 12.3 Å². The number of ether oxygens (including phenoxy) is 1. The summed E-state index contributed by atoms with van der Waals surface area (Å²) in [5, 5.41) is 20.7. The lowest BCUT2D eigenvalue weighted by Crippen LogP contribution is -2.34. The summed E-state index contributed by atoms with van der Waals surface area (Å²) in [6, 6.07) is 6.06. The molecule has 1 fully saturated rings. The van der Waals surface area contributed by atoms with Crippen LogP contribution in [0.4, 0.5) is 5.95 Å². The normalized spacial score (nSPS) is 24.5. The fourth-order valence-corrected chi connectivity index (χ4v) is 4.07. The second kappa shape index (κ2) is 7.45. The summed E-state index contributed by atoms with van der Waals surface area (Å²) in [5.41, 5.74) is 5.87. The van der Waals surface area contributed by atoms with Crippen LogP contribution in [-0.4, -0.2) is 63.1 Å². The van der Waals surface area contributed by atoms with E-state index in [2.05, 4.69) is 15.0 Å². The van der Waals surface area contributed by atoms with Crippen LogP contribution < -0.4 is 11.3 Å². The Bertz CT molecular complexity index is 1240. The van der Waals surface area contributed by atoms with Crippen LogP contribution in [0.1, 0.15) is 11.8 Å². The first-order valence-corrected chi connectivity index (χ1v) is 10.3. The van der Waals surface area contributed by atoms with Gasteiger partial charge in [0, 0.05) is 0 Å². The number of fused-ring (bicyclic) bond motifs is 1. The first-order chi connectivity index (χ1) is 14.2. The fourth-order valence-electron chi connectivity index (χ4n) is 3.16. The summed E-state index contributed by atoms with van der Waals surface area (Å²) in [7, 11) is -4.09. The molecule has 1 aliphatic rings. The third-order valence-electron chi connectivity index (χ3n) is 4.76. The molecular formula is C17H19N5O7S. The predicted octanol–water partition coefficient (Wildman–Crippen LogP) is -0.965. The number of hydrogen-bond acceptors (Lipinski definition) is 10. The quantitative estimate of drug-likeness (QED) is 0.362. The fraction of sp³-hybridized carbons (Fsp3) is 0.353. The van der Waals surface area contributed by atoms with Crippen molar-refractivity contribution in [2.24, 2.45) is 0 Å². The second-order valence-electron chi connectivity index (χ2n) is 6.87. The lowest BCUT2D eigenvalue weighted by atomic mass is 10.1. The Morgan fingerprint density at radius 2 is 1.97 bits per heavy atom. The Balaban J connectivity index is 1.54. The molecule has 12 nitrogen and oxygen atoms in total. The summed E-state index contributed by atoms with van der Waals surface area (Å²) < 4.78 is 36.6. The molecule has 0 bridgehead atoms. The number of aliphatic hydroxyl groups is 2. The third kappa shape index (κ3) is 3.57. The zero-order chi connectivity index (χ0) is 21.6. The SMILES string of the molecule is Cc1ccc(S(=O)(=O)OC[C@@H]2O[C@@H](n3cnc4c(=O)[nH]c(N)nc43)[C@@H](O)[C@H]2O)cc1. The van der Waals surface area contributed by atoms with Crippen molar-refractivity contribution in [3.8, 4) is 0 Å². The third-order valence-corrected chi connectivity index (χ3v) is 6.06. The molecule has 4 atom stereocenters. The highest BCUT2D eigenvalue weighted by molar-refractivity contribution is 7.86. The largest absolute Gasteiger partial charge is 0.387 e. The van der Waals surface area contributed by atoms with Crippen LogP contribution >= 0.6 is 0 Å². The zero-order valence-corrected chi connectivity index (χ0v) is 16.5. The summed E-state index contributed by atoms with van der Waals surface area (Å²) in [5.74, 6) is -0.161. The maximum Gasteiger partial charge on any atom is 0.297 e. The average Bonchev–Trinajstić information content (AvgIpc) is 3.22. The Morgan fingerprint density at radius 3 is 2.67 bits per heavy atom. The van der Waals surface area contributed by atoms with Gasteiger partial charge < -0.3 is 20.7 Å². The lowest BCUT2D eigenvalue weighted by Gasteiger charge is -2.16. The first-order valence-electron chi connectivity index (χ1n) is 8.87. The van der Waals surface area contributed by atoms with Gasteiger partial charge in [0.1, 0.15) is 18.3 Å². The highest BCUT2D eigenvalue weighted by Gasteiger charge is 2.45. The molecule has 1 aliphatic heterocycles. The van der Waals surface area contributed by atoms with Gasteiger partial charge in [-0.2, -0.15) is 13.4 Å². The topological polar surface area (TPSA) is 183 Å². The molecule has 0 saturated carbocycles. The summed E-state index contributed by atoms with van der Waals surface area (Å²) in [4.78, 5) is 22.1. The van der Waals surface area contributed by atoms with Crippen LogP contribution in [0.5, 0.6) is 0 Å². The molecule has 30 heavy (non-hydrogen) atoms. The van der Waals surface area contributed by atoms with Gasteiger partial charge in [-0.05, 0) is 19.1 Å². The highest BCUT2D eigenvalue weighted by atomic mass is 32.2. The number of nitrogens with two attached hydrogens (primary N) is 1. The number of nitrogens with zero attached hydrogens (tertiary/aromatic N) is 3. The number of aliphatic hydroxyl groups excluding tert-OH is 2. The zero-order valence-electron chi connectivity index (χ0n) is 15.7. The highest BCUT2D eigenvalue weighted by Crippen LogP contribution is 2.31. The number of aromatic nitrogens is 4. The average molecular weight is 437 g/mol. The van der Waals surface area contributed by atoms with Crippen molar-refractivity contribution in [3.05, 3.63) is 46.5 Å². The molecule has 2 aromatic heterocycles. The Kier molecular flexibility index (Phi) is 5.07. The summed E-state index contributed by atoms with van der Waals surface area (Å²) in [6.45, 7) is 1.28. The number of nitrogens with one attached hydrogen (secondary N) is 1. The second-order valence-corrected chi connectivity index (χ2v) is 8.49. The minimum atomic E-state index is -4.09. The van der Waals surface area contributed by atoms with E-state index < -0.39 is 46.8 Å². The molecule has 4 rings (SSSR count). The molecule has 0 amide bonds. The Labute approximate surface area is 170 Å². The van der Waals surface area contributed by atoms with Crippen molar-refractivity contribution >= 4 is 27.2 Å². The number of aromatic amines is 1. The number of H-pyrrole nitrogens is 1. The van der Waals surface area contributed by atoms with Gasteiger partial charge in [-0.1, -0.05) is 17.7 Å². The Hall–Kier alpha value is -2.84. The molecule has 0 spiro atoms. The van der Waals surface area contributed by atoms with E-state index in [4.69, 9.17) is 14.7 Å². The van der Waals surface area contributed by atoms with Crippen molar-refractivity contribution in [1.29, 1.82) is 0 Å². The van der Waals surface area contributed by atoms with E-state index >= 15 is 0 Å². The molecule has 1 saturated heterocycles. The maximum atomic E-state index is 12.3. The van der Waals surface area contributed by atoms with Gasteiger partial charge in [0.2, 0.25) is 5.95 Å². The van der Waals surface area contributed by atoms with E-state index in [9.17, 15) is 23.4 Å². The van der Waals surface area contributed by atoms with Crippen LogP contribution in [-0.2, 0) is 19.0 Å². The minimum absolute atomic E-state index is 0.0314. The van der Waals surface area contributed by atoms with E-state index in [1.165, 1.54) is 23.0 Å². The van der Waals surface area contributed by atoms with Crippen molar-refractivity contribution in [1.82, 2.24) is 19.5 Å². The molecule has 3 heterocycles. The van der Waals surface area contributed by atoms with Gasteiger partial charge in [-0.15, -0.1) is 0 Å². The van der Waals surface area contributed by atoms with Crippen LogP contribution in [0.25, 0.3) is 11.2 Å². The molecule has 160 valence electrons. The molecule has 0 aliphatic carbocycles. The molecule has 3 aromatic rings. The van der Waals surface area contributed by atoms with Gasteiger partial charge in [0.15, 0.2) is 17.4 Å². The van der Waals surface area contributed by atoms with Crippen molar-refractivity contribution in [3.63, 3.8) is 0 Å². The number of rotatable bonds is 5. The van der Waals surface area contributed by atoms with Gasteiger partial charge in [-0.25, -0.2) is 4.98 Å². The van der Waals surface area contributed by atoms with Crippen LogP contribution in [0.2, 0.25) is 0 Å². The monoisotopic (exact) mass is 437 g/mol. The minimum Gasteiger partial charge on any atom is -0.387 e. The van der Waals surface area contributed by atoms with Crippen molar-refractivity contribution < 1.29 is 27.6 Å². The van der Waals surface area contributed by atoms with Gasteiger partial charge in [0.25, 0.3) is 15.7 Å². The van der Waals surface area contributed by atoms with Crippen molar-refractivity contribution in [2.45, 2.75) is 36.4 Å². The predicted molar refractivity (Wildman–Crippen MR) is 103 cm³/mol. The smallest absolute Gasteiger partial charge is 0.297 e. The number of hydrogen-bond donors (Lipinski definition) is 4. The number of nitrogen functional groups attached to an aromatic ring is 1. The van der Waals surface area contributed by atoms with E-state index in [1.54, 1.807) is 12.1 Å². The number of imidazole rings is 1. The van der Waals surface area contributed by atoms with Gasteiger partial charge >= 0.3 is 0 Å². The molecule has 5 N–H and O–H groups in total. The molecule has 0 radical (unpaired) electrons. The van der Waals surface area contributed by atoms with E-state index in [0.29, 0.717) is 0 Å². The molecular weight excluding hydrogens is 418 g/mol. The maximum absolute atomic E-state index is 12.3. The molecule has 0 unspecified atom stereocenters. The van der Waals surface area contributed by atoms with Crippen LogP contribution in [0.15, 0.2) is 40.3 Å². The first kappa shape index (κ1) is 20.4. The standard InChI is InChI=1S/C17H19N5O7S/c1-8-2-4-9(5-3-8)30(26,27)28-6-10-12(23)13(24)16(29-10)22-7-19-11-14(22)20-17(18)21-15(11)25/h2-5,7,10,12-13,16,23-24H,6H2,1H3,(H3,18,20,21,25)/t10-,12-,13-,16+/m0/s1. The number of benzene rings is 1. The lowest BCUT2D eigenvalue weighted by molar-refractivity contribution is -0.0467. The van der Waals surface area contributed by atoms with Crippen LogP contribution in [0.3, 0.4) is 0 Å². The Morgan fingerprint density at radius 1 is 1.27 bits per heavy atom.